The molecule has 0 aromatic carbocycles. The summed E-state index contributed by atoms with van der Waals surface area (Å²) in [5.41, 5.74) is 9.12. The molecule has 33 heavy (non-hydrogen) atoms. The van der Waals surface area contributed by atoms with Gasteiger partial charge in [-0.1, -0.05) is 38.5 Å². The first kappa shape index (κ1) is 22.7. The van der Waals surface area contributed by atoms with Crippen LogP contribution in [0.3, 0.4) is 0 Å². The van der Waals surface area contributed by atoms with E-state index in [9.17, 15) is 9.90 Å². The number of fused-ring (bicyclic) bond motifs is 1. The average Bonchev–Trinajstić information content (AvgIpc) is 3.41. The zero-order chi connectivity index (χ0) is 22.8. The summed E-state index contributed by atoms with van der Waals surface area (Å²) in [6.07, 6.45) is 11.2. The molecule has 0 amide bonds. The molecule has 3 aliphatic rings. The Labute approximate surface area is 192 Å². The third-order valence-electron chi connectivity index (χ3n) is 7.17. The molecule has 1 saturated heterocycles. The van der Waals surface area contributed by atoms with Crippen molar-refractivity contribution in [3.05, 3.63) is 16.7 Å². The van der Waals surface area contributed by atoms with Gasteiger partial charge in [0.05, 0.1) is 12.4 Å². The van der Waals surface area contributed by atoms with Gasteiger partial charge in [-0.3, -0.25) is 24.5 Å². The summed E-state index contributed by atoms with van der Waals surface area (Å²) in [6, 6.07) is 0.654. The maximum Gasteiger partial charge on any atom is 0.280 e. The fourth-order valence-corrected chi connectivity index (χ4v) is 5.36. The van der Waals surface area contributed by atoms with Crippen molar-refractivity contribution in [3.8, 4) is 0 Å². The van der Waals surface area contributed by atoms with Gasteiger partial charge in [-0.25, -0.2) is 4.98 Å². The number of anilines is 1. The van der Waals surface area contributed by atoms with E-state index in [1.807, 2.05) is 0 Å². The van der Waals surface area contributed by atoms with Gasteiger partial charge >= 0.3 is 0 Å². The number of hydroxylamine groups is 1. The van der Waals surface area contributed by atoms with Crippen LogP contribution in [0.5, 0.6) is 0 Å². The molecule has 1 aliphatic heterocycles. The van der Waals surface area contributed by atoms with Crippen molar-refractivity contribution in [2.24, 2.45) is 0 Å². The van der Waals surface area contributed by atoms with Crippen molar-refractivity contribution in [1.82, 2.24) is 30.3 Å². The predicted molar refractivity (Wildman–Crippen MR) is 122 cm³/mol. The zero-order valence-corrected chi connectivity index (χ0v) is 18.9. The Morgan fingerprint density at radius 1 is 1.15 bits per heavy atom. The van der Waals surface area contributed by atoms with E-state index < -0.39 is 30.2 Å². The number of ether oxygens (including phenoxy) is 1. The lowest BCUT2D eigenvalue weighted by Gasteiger charge is -2.34. The molecule has 182 valence electrons. The number of aliphatic hydroxyl groups excluding tert-OH is 1. The Morgan fingerprint density at radius 3 is 2.58 bits per heavy atom. The Bertz CT molecular complexity index is 983. The first-order valence-corrected chi connectivity index (χ1v) is 12.3. The molecule has 0 radical (unpaired) electrons. The van der Waals surface area contributed by atoms with Gasteiger partial charge in [0.25, 0.3) is 5.56 Å². The lowest BCUT2D eigenvalue weighted by atomic mass is 9.95. The number of nitrogens with two attached hydrogens (primary N) is 1. The lowest BCUT2D eigenvalue weighted by molar-refractivity contribution is -0.159. The highest BCUT2D eigenvalue weighted by Gasteiger charge is 2.42. The third kappa shape index (κ3) is 5.07. The highest BCUT2D eigenvalue weighted by molar-refractivity contribution is 5.70. The standard InChI is InChI=1S/C22H35N7O4/c23-22-26-19-17(20(31)27-22)24-12-29(19)16-11-15(30)18(32-16)21(25-13-7-3-1-4-8-13)33-28-14-9-5-2-6-10-14/h12-16,18,21,25,28,30H,1-11H2,(H3,23,26,27,31)/t15-,16+,18-,21?/m0/s1. The molecular formula is C22H35N7O4. The second kappa shape index (κ2) is 10.1. The van der Waals surface area contributed by atoms with Crippen LogP contribution in [0.4, 0.5) is 5.95 Å². The van der Waals surface area contributed by atoms with Gasteiger partial charge in [0, 0.05) is 18.5 Å². The minimum atomic E-state index is -0.749. The molecule has 6 N–H and O–H groups in total. The molecule has 0 bridgehead atoms. The van der Waals surface area contributed by atoms with Crippen LogP contribution in [0.2, 0.25) is 0 Å². The number of nitrogen functional groups attached to an aromatic ring is 1. The molecule has 11 heteroatoms. The third-order valence-corrected chi connectivity index (χ3v) is 7.17. The number of hydrogen-bond acceptors (Lipinski definition) is 9. The van der Waals surface area contributed by atoms with Crippen LogP contribution in [0.15, 0.2) is 11.1 Å². The first-order valence-electron chi connectivity index (χ1n) is 12.3. The van der Waals surface area contributed by atoms with Crippen molar-refractivity contribution in [1.29, 1.82) is 0 Å². The summed E-state index contributed by atoms with van der Waals surface area (Å²) in [5.74, 6) is 0.0150. The van der Waals surface area contributed by atoms with E-state index >= 15 is 0 Å². The molecule has 3 heterocycles. The number of aromatic amines is 1. The van der Waals surface area contributed by atoms with Crippen LogP contribution in [0.25, 0.3) is 11.2 Å². The Hall–Kier alpha value is -2.05. The van der Waals surface area contributed by atoms with Gasteiger partial charge in [0.15, 0.2) is 17.4 Å². The Morgan fingerprint density at radius 2 is 1.85 bits per heavy atom. The van der Waals surface area contributed by atoms with Crippen molar-refractivity contribution in [3.63, 3.8) is 0 Å². The second-order valence-corrected chi connectivity index (χ2v) is 9.63. The summed E-state index contributed by atoms with van der Waals surface area (Å²) in [4.78, 5) is 29.2. The van der Waals surface area contributed by atoms with Crippen molar-refractivity contribution >= 4 is 17.1 Å². The van der Waals surface area contributed by atoms with Crippen LogP contribution in [-0.4, -0.2) is 55.1 Å². The Kier molecular flexibility index (Phi) is 6.93. The number of hydrogen-bond donors (Lipinski definition) is 5. The van der Waals surface area contributed by atoms with E-state index in [2.05, 4.69) is 25.7 Å². The number of aromatic nitrogens is 4. The van der Waals surface area contributed by atoms with Gasteiger partial charge < -0.3 is 15.6 Å². The molecule has 5 rings (SSSR count). The van der Waals surface area contributed by atoms with Crippen LogP contribution in [-0.2, 0) is 9.57 Å². The van der Waals surface area contributed by atoms with Gasteiger partial charge in [-0.15, -0.1) is 0 Å². The summed E-state index contributed by atoms with van der Waals surface area (Å²) >= 11 is 0. The van der Waals surface area contributed by atoms with Gasteiger partial charge in [0.1, 0.15) is 12.3 Å². The number of aliphatic hydroxyl groups is 1. The van der Waals surface area contributed by atoms with E-state index in [-0.39, 0.29) is 11.5 Å². The van der Waals surface area contributed by atoms with E-state index in [1.54, 1.807) is 4.57 Å². The van der Waals surface area contributed by atoms with E-state index in [4.69, 9.17) is 15.3 Å². The molecule has 4 atom stereocenters. The number of nitrogens with zero attached hydrogens (tertiary/aromatic N) is 3. The smallest absolute Gasteiger partial charge is 0.280 e. The molecule has 2 saturated carbocycles. The normalized spacial score (nSPS) is 28.5. The van der Waals surface area contributed by atoms with Gasteiger partial charge in [0.2, 0.25) is 5.95 Å². The van der Waals surface area contributed by atoms with Crippen LogP contribution >= 0.6 is 0 Å². The summed E-state index contributed by atoms with van der Waals surface area (Å²) < 4.78 is 7.96. The second-order valence-electron chi connectivity index (χ2n) is 9.63. The molecule has 11 nitrogen and oxygen atoms in total. The molecule has 2 aromatic rings. The highest BCUT2D eigenvalue weighted by atomic mass is 16.7. The van der Waals surface area contributed by atoms with E-state index in [0.29, 0.717) is 24.2 Å². The number of imidazole rings is 1. The largest absolute Gasteiger partial charge is 0.390 e. The van der Waals surface area contributed by atoms with Gasteiger partial charge in [-0.2, -0.15) is 10.5 Å². The fraction of sp³-hybridized carbons (Fsp3) is 0.773. The summed E-state index contributed by atoms with van der Waals surface area (Å²) in [7, 11) is 0. The molecule has 3 fully saturated rings. The zero-order valence-electron chi connectivity index (χ0n) is 18.9. The quantitative estimate of drug-likeness (QED) is 0.305. The molecular weight excluding hydrogens is 426 g/mol. The van der Waals surface area contributed by atoms with Crippen molar-refractivity contribution < 1.29 is 14.7 Å². The molecule has 2 aromatic heterocycles. The van der Waals surface area contributed by atoms with Crippen LogP contribution < -0.4 is 22.1 Å². The fourth-order valence-electron chi connectivity index (χ4n) is 5.36. The minimum Gasteiger partial charge on any atom is -0.390 e. The lowest BCUT2D eigenvalue weighted by Crippen LogP contribution is -2.54. The molecule has 0 spiro atoms. The maximum atomic E-state index is 12.1. The van der Waals surface area contributed by atoms with E-state index in [1.165, 1.54) is 44.9 Å². The van der Waals surface area contributed by atoms with Crippen LogP contribution in [0.1, 0.15) is 76.9 Å². The number of nitrogens with one attached hydrogen (secondary N) is 3. The maximum absolute atomic E-state index is 12.1. The number of H-pyrrole nitrogens is 1. The van der Waals surface area contributed by atoms with E-state index in [0.717, 1.165) is 25.7 Å². The predicted octanol–water partition coefficient (Wildman–Crippen LogP) is 1.45. The minimum absolute atomic E-state index is 0.0150. The first-order chi connectivity index (χ1) is 16.1. The van der Waals surface area contributed by atoms with Crippen LogP contribution in [0, 0.1) is 0 Å². The Balaban J connectivity index is 1.32. The number of rotatable bonds is 7. The van der Waals surface area contributed by atoms with Gasteiger partial charge in [-0.05, 0) is 25.7 Å². The topological polar surface area (TPSA) is 152 Å². The summed E-state index contributed by atoms with van der Waals surface area (Å²) in [6.45, 7) is 0. The molecule has 2 aliphatic carbocycles. The SMILES string of the molecule is Nc1nc2c(ncn2[C@H]2C[C@H](O)[C@@H](C(NC3CCCCC3)ONC3CCCCC3)O2)c(=O)[nH]1. The highest BCUT2D eigenvalue weighted by Crippen LogP contribution is 2.33. The monoisotopic (exact) mass is 461 g/mol. The summed E-state index contributed by atoms with van der Waals surface area (Å²) in [5, 5.41) is 14.6. The average molecular weight is 462 g/mol. The van der Waals surface area contributed by atoms with Crippen molar-refractivity contribution in [2.45, 2.75) is 107 Å². The van der Waals surface area contributed by atoms with Crippen molar-refractivity contribution in [2.75, 3.05) is 5.73 Å². The molecule has 1 unspecified atom stereocenters.